The second-order valence-electron chi connectivity index (χ2n) is 3.80. The Bertz CT molecular complexity index is 421. The van der Waals surface area contributed by atoms with Crippen molar-refractivity contribution in [2.45, 2.75) is 13.3 Å². The highest BCUT2D eigenvalue weighted by atomic mass is 19.4. The number of carbonyl (C=O) groups is 1. The van der Waals surface area contributed by atoms with Crippen molar-refractivity contribution >= 4 is 11.7 Å². The molecule has 0 saturated carbocycles. The first-order chi connectivity index (χ1) is 9.67. The van der Waals surface area contributed by atoms with Crippen molar-refractivity contribution in [1.29, 1.82) is 0 Å². The van der Waals surface area contributed by atoms with Crippen LogP contribution in [0.15, 0.2) is 6.33 Å². The van der Waals surface area contributed by atoms with Crippen LogP contribution in [0.3, 0.4) is 0 Å². The van der Waals surface area contributed by atoms with Crippen LogP contribution in [0, 0.1) is 0 Å². The summed E-state index contributed by atoms with van der Waals surface area (Å²) in [6, 6.07) is 0. The summed E-state index contributed by atoms with van der Waals surface area (Å²) in [6.45, 7) is 2.04. The predicted molar refractivity (Wildman–Crippen MR) is 69.8 cm³/mol. The summed E-state index contributed by atoms with van der Waals surface area (Å²) < 4.78 is 37.1. The molecule has 11 heteroatoms. The molecule has 8 nitrogen and oxygen atoms in total. The van der Waals surface area contributed by atoms with Crippen LogP contribution in [0.4, 0.5) is 19.0 Å². The van der Waals surface area contributed by atoms with Gasteiger partial charge in [0, 0.05) is 20.1 Å². The van der Waals surface area contributed by atoms with Crippen LogP contribution in [-0.4, -0.2) is 54.0 Å². The number of H-pyrrole nitrogens is 1. The predicted octanol–water partition coefficient (Wildman–Crippen LogP) is 0.0699. The molecule has 1 amide bonds. The largest absolute Gasteiger partial charge is 0.522 e. The van der Waals surface area contributed by atoms with Gasteiger partial charge in [0.1, 0.15) is 5.69 Å². The highest BCUT2D eigenvalue weighted by Crippen LogP contribution is 2.15. The molecule has 0 spiro atoms. The number of carbonyl (C=O) groups excluding carboxylic acids is 1. The molecule has 1 aromatic heterocycles. The smallest absolute Gasteiger partial charge is 0.382 e. The lowest BCUT2D eigenvalue weighted by Crippen LogP contribution is -2.31. The van der Waals surface area contributed by atoms with Gasteiger partial charge in [0.05, 0.1) is 12.9 Å². The summed E-state index contributed by atoms with van der Waals surface area (Å²) in [5.74, 6) is 5.02. The van der Waals surface area contributed by atoms with Gasteiger partial charge >= 0.3 is 6.36 Å². The Labute approximate surface area is 119 Å². The molecule has 0 aromatic carbocycles. The number of alkyl halides is 3. The molecule has 21 heavy (non-hydrogen) atoms. The SMILES string of the molecule is CCNC(=O)c1[nH]cnc1N.CN(N)CCOC(F)(F)F. The average molecular weight is 312 g/mol. The number of likely N-dealkylation sites (N-methyl/N-ethyl adjacent to an activating group) is 1. The third kappa shape index (κ3) is 9.65. The van der Waals surface area contributed by atoms with E-state index in [9.17, 15) is 18.0 Å². The maximum Gasteiger partial charge on any atom is 0.522 e. The molecule has 0 saturated heterocycles. The van der Waals surface area contributed by atoms with Crippen molar-refractivity contribution < 1.29 is 22.7 Å². The van der Waals surface area contributed by atoms with Gasteiger partial charge in [0.25, 0.3) is 5.91 Å². The number of nitrogen functional groups attached to an aromatic ring is 1. The van der Waals surface area contributed by atoms with Gasteiger partial charge in [0.15, 0.2) is 5.82 Å². The number of nitrogens with zero attached hydrogens (tertiary/aromatic N) is 2. The topological polar surface area (TPSA) is 122 Å². The van der Waals surface area contributed by atoms with Crippen molar-refractivity contribution in [3.05, 3.63) is 12.0 Å². The molecule has 122 valence electrons. The second kappa shape index (κ2) is 9.15. The van der Waals surface area contributed by atoms with Gasteiger partial charge < -0.3 is 16.0 Å². The van der Waals surface area contributed by atoms with Gasteiger partial charge in [-0.1, -0.05) is 0 Å². The fraction of sp³-hybridized carbons (Fsp3) is 0.600. The van der Waals surface area contributed by atoms with Crippen molar-refractivity contribution in [3.63, 3.8) is 0 Å². The summed E-state index contributed by atoms with van der Waals surface area (Å²) in [7, 11) is 1.46. The molecule has 1 aromatic rings. The minimum Gasteiger partial charge on any atom is -0.382 e. The summed E-state index contributed by atoms with van der Waals surface area (Å²) >= 11 is 0. The minimum atomic E-state index is -4.55. The number of hydrogen-bond acceptors (Lipinski definition) is 6. The van der Waals surface area contributed by atoms with E-state index in [4.69, 9.17) is 11.6 Å². The van der Waals surface area contributed by atoms with Crippen molar-refractivity contribution in [3.8, 4) is 0 Å². The lowest BCUT2D eigenvalue weighted by Gasteiger charge is -2.10. The molecule has 0 bridgehead atoms. The van der Waals surface area contributed by atoms with Gasteiger partial charge in [0.2, 0.25) is 0 Å². The average Bonchev–Trinajstić information content (AvgIpc) is 2.74. The summed E-state index contributed by atoms with van der Waals surface area (Å²) in [6.07, 6.45) is -3.16. The molecular formula is C10H19F3N6O2. The van der Waals surface area contributed by atoms with Crippen LogP contribution >= 0.6 is 0 Å². The normalized spacial score (nSPS) is 11.0. The Morgan fingerprint density at radius 2 is 2.19 bits per heavy atom. The van der Waals surface area contributed by atoms with Crippen molar-refractivity contribution in [1.82, 2.24) is 20.3 Å². The Morgan fingerprint density at radius 3 is 2.57 bits per heavy atom. The van der Waals surface area contributed by atoms with Gasteiger partial charge in [-0.25, -0.2) is 9.99 Å². The molecule has 0 fully saturated rings. The molecule has 0 atom stereocenters. The van der Waals surface area contributed by atoms with E-state index < -0.39 is 13.0 Å². The lowest BCUT2D eigenvalue weighted by atomic mass is 10.4. The number of halogens is 3. The van der Waals surface area contributed by atoms with Gasteiger partial charge in [-0.3, -0.25) is 15.4 Å². The Balaban J connectivity index is 0.000000384. The molecular weight excluding hydrogens is 293 g/mol. The molecule has 1 rings (SSSR count). The summed E-state index contributed by atoms with van der Waals surface area (Å²) in [5.41, 5.74) is 5.69. The van der Waals surface area contributed by atoms with Gasteiger partial charge in [-0.05, 0) is 6.92 Å². The number of imidazole rings is 1. The summed E-state index contributed by atoms with van der Waals surface area (Å²) in [4.78, 5) is 17.4. The zero-order valence-electron chi connectivity index (χ0n) is 11.7. The number of hydrogen-bond donors (Lipinski definition) is 4. The van der Waals surface area contributed by atoms with E-state index in [2.05, 4.69) is 20.0 Å². The van der Waals surface area contributed by atoms with E-state index in [0.717, 1.165) is 5.01 Å². The van der Waals surface area contributed by atoms with Gasteiger partial charge in [-0.2, -0.15) is 0 Å². The molecule has 0 unspecified atom stereocenters. The molecule has 0 aliphatic rings. The first-order valence-electron chi connectivity index (χ1n) is 5.91. The van der Waals surface area contributed by atoms with E-state index in [-0.39, 0.29) is 18.3 Å². The fourth-order valence-corrected chi connectivity index (χ4v) is 1.04. The second-order valence-corrected chi connectivity index (χ2v) is 3.80. The van der Waals surface area contributed by atoms with E-state index in [1.807, 2.05) is 6.92 Å². The van der Waals surface area contributed by atoms with Gasteiger partial charge in [-0.15, -0.1) is 13.2 Å². The zero-order chi connectivity index (χ0) is 16.5. The number of rotatable bonds is 5. The third-order valence-electron chi connectivity index (χ3n) is 1.94. The van der Waals surface area contributed by atoms with Crippen LogP contribution in [0.25, 0.3) is 0 Å². The first-order valence-corrected chi connectivity index (χ1v) is 5.91. The maximum atomic E-state index is 11.2. The minimum absolute atomic E-state index is 0.0551. The Kier molecular flexibility index (Phi) is 8.35. The fourth-order valence-electron chi connectivity index (χ4n) is 1.04. The number of ether oxygens (including phenoxy) is 1. The monoisotopic (exact) mass is 312 g/mol. The highest BCUT2D eigenvalue weighted by molar-refractivity contribution is 5.96. The number of aromatic nitrogens is 2. The van der Waals surface area contributed by atoms with Crippen LogP contribution in [0.1, 0.15) is 17.4 Å². The van der Waals surface area contributed by atoms with Crippen molar-refractivity contribution in [2.75, 3.05) is 32.5 Å². The third-order valence-corrected chi connectivity index (χ3v) is 1.94. The number of amides is 1. The molecule has 0 radical (unpaired) electrons. The van der Waals surface area contributed by atoms with E-state index >= 15 is 0 Å². The number of anilines is 1. The van der Waals surface area contributed by atoms with Crippen LogP contribution < -0.4 is 16.9 Å². The number of aromatic amines is 1. The Hall–Kier alpha value is -1.85. The number of hydrazine groups is 1. The lowest BCUT2D eigenvalue weighted by molar-refractivity contribution is -0.324. The van der Waals surface area contributed by atoms with Crippen LogP contribution in [-0.2, 0) is 4.74 Å². The van der Waals surface area contributed by atoms with E-state index in [1.54, 1.807) is 0 Å². The standard InChI is InChI=1S/C6H10N4O.C4H9F3N2O/c1-2-8-6(11)4-5(7)10-3-9-4;1-9(8)2-3-10-4(5,6)7/h3H,2,7H2,1H3,(H,8,11)(H,9,10);2-3,8H2,1H3. The Morgan fingerprint density at radius 1 is 1.57 bits per heavy atom. The van der Waals surface area contributed by atoms with Crippen LogP contribution in [0.2, 0.25) is 0 Å². The van der Waals surface area contributed by atoms with Crippen LogP contribution in [0.5, 0.6) is 0 Å². The molecule has 0 aliphatic heterocycles. The summed E-state index contributed by atoms with van der Waals surface area (Å²) in [5, 5.41) is 3.72. The highest BCUT2D eigenvalue weighted by Gasteiger charge is 2.28. The van der Waals surface area contributed by atoms with E-state index in [0.29, 0.717) is 12.2 Å². The molecule has 6 N–H and O–H groups in total. The number of nitrogens with two attached hydrogens (primary N) is 2. The quantitative estimate of drug-likeness (QED) is 0.451. The maximum absolute atomic E-state index is 11.2. The van der Waals surface area contributed by atoms with E-state index in [1.165, 1.54) is 13.4 Å². The number of nitrogens with one attached hydrogen (secondary N) is 2. The zero-order valence-corrected chi connectivity index (χ0v) is 11.7. The first kappa shape index (κ1) is 19.1. The molecule has 0 aliphatic carbocycles. The van der Waals surface area contributed by atoms with Crippen molar-refractivity contribution in [2.24, 2.45) is 5.84 Å². The molecule has 1 heterocycles.